The predicted octanol–water partition coefficient (Wildman–Crippen LogP) is 5.37. The molecule has 0 spiro atoms. The van der Waals surface area contributed by atoms with Crippen molar-refractivity contribution in [1.82, 2.24) is 4.90 Å². The summed E-state index contributed by atoms with van der Waals surface area (Å²) in [6, 6.07) is 11.9. The number of rotatable bonds is 8. The standard InChI is InChI=1S/C27H30N2O4.ClH/c1-4-29(5-2)15-9-10-16(3)28-20-14-8-13-19-21(20)27(33)23-22(26(19)32)24(30)17-11-6-7-12-18(17)25(23)31;/h6-8,11-14,16,28,30-31H,4-5,9-10,15H2,1-3H3;1H. The molecule has 1 aliphatic carbocycles. The van der Waals surface area contributed by atoms with Gasteiger partial charge in [0.05, 0.1) is 16.7 Å². The maximum Gasteiger partial charge on any atom is 0.200 e. The van der Waals surface area contributed by atoms with Crippen LogP contribution in [0.1, 0.15) is 65.5 Å². The summed E-state index contributed by atoms with van der Waals surface area (Å²) in [4.78, 5) is 29.3. The molecule has 0 aliphatic heterocycles. The average molecular weight is 483 g/mol. The number of nitrogens with one attached hydrogen (secondary N) is 1. The fraction of sp³-hybridized carbons (Fsp3) is 0.333. The number of nitrogens with zero attached hydrogens (tertiary/aromatic N) is 1. The molecule has 7 heteroatoms. The summed E-state index contributed by atoms with van der Waals surface area (Å²) in [6.45, 7) is 9.41. The van der Waals surface area contributed by atoms with Gasteiger partial charge in [0.1, 0.15) is 11.5 Å². The Kier molecular flexibility index (Phi) is 7.85. The van der Waals surface area contributed by atoms with Crippen molar-refractivity contribution in [1.29, 1.82) is 0 Å². The monoisotopic (exact) mass is 482 g/mol. The van der Waals surface area contributed by atoms with Crippen LogP contribution in [0.25, 0.3) is 10.8 Å². The molecule has 0 aromatic heterocycles. The zero-order valence-electron chi connectivity index (χ0n) is 19.7. The average Bonchev–Trinajstić information content (AvgIpc) is 2.82. The molecule has 0 amide bonds. The van der Waals surface area contributed by atoms with Crippen molar-refractivity contribution < 1.29 is 19.8 Å². The quantitative estimate of drug-likeness (QED) is 0.292. The SMILES string of the molecule is CCN(CC)CCCC(C)Nc1cccc2c1C(=O)c1c(c(O)c3ccccc3c1O)C2=O.Cl. The van der Waals surface area contributed by atoms with E-state index in [1.54, 1.807) is 42.5 Å². The summed E-state index contributed by atoms with van der Waals surface area (Å²) in [7, 11) is 0. The van der Waals surface area contributed by atoms with Crippen LogP contribution in [-0.2, 0) is 0 Å². The van der Waals surface area contributed by atoms with E-state index < -0.39 is 11.6 Å². The number of fused-ring (bicyclic) bond motifs is 3. The lowest BCUT2D eigenvalue weighted by Crippen LogP contribution is -2.27. The van der Waals surface area contributed by atoms with Crippen molar-refractivity contribution in [2.24, 2.45) is 0 Å². The molecular formula is C27H31ClN2O4. The first-order chi connectivity index (χ1) is 15.9. The van der Waals surface area contributed by atoms with Crippen molar-refractivity contribution in [3.63, 3.8) is 0 Å². The molecule has 1 aliphatic rings. The van der Waals surface area contributed by atoms with Crippen LogP contribution in [0.5, 0.6) is 11.5 Å². The van der Waals surface area contributed by atoms with Crippen LogP contribution >= 0.6 is 12.4 Å². The van der Waals surface area contributed by atoms with Crippen molar-refractivity contribution in [2.45, 2.75) is 39.7 Å². The van der Waals surface area contributed by atoms with Crippen molar-refractivity contribution in [2.75, 3.05) is 25.0 Å². The van der Waals surface area contributed by atoms with Crippen LogP contribution in [-0.4, -0.2) is 52.4 Å². The van der Waals surface area contributed by atoms with Gasteiger partial charge in [-0.2, -0.15) is 0 Å². The topological polar surface area (TPSA) is 89.9 Å². The van der Waals surface area contributed by atoms with Crippen LogP contribution in [0.2, 0.25) is 0 Å². The molecule has 4 rings (SSSR count). The zero-order valence-corrected chi connectivity index (χ0v) is 20.5. The number of aromatic hydroxyl groups is 2. The third-order valence-corrected chi connectivity index (χ3v) is 6.56. The number of phenolic OH excluding ortho intramolecular Hbond substituents is 2. The molecule has 1 unspecified atom stereocenters. The van der Waals surface area contributed by atoms with E-state index in [2.05, 4.69) is 31.0 Å². The van der Waals surface area contributed by atoms with Crippen LogP contribution in [0, 0.1) is 0 Å². The Morgan fingerprint density at radius 3 is 2.03 bits per heavy atom. The number of carbonyl (C=O) groups excluding carboxylic acids is 2. The number of hydrogen-bond donors (Lipinski definition) is 3. The van der Waals surface area contributed by atoms with Crippen LogP contribution in [0.4, 0.5) is 5.69 Å². The molecule has 6 nitrogen and oxygen atoms in total. The third kappa shape index (κ3) is 4.36. The van der Waals surface area contributed by atoms with Gasteiger partial charge in [0.2, 0.25) is 0 Å². The largest absolute Gasteiger partial charge is 0.506 e. The Labute approximate surface area is 206 Å². The lowest BCUT2D eigenvalue weighted by molar-refractivity contribution is 0.0975. The second-order valence-corrected chi connectivity index (χ2v) is 8.59. The Morgan fingerprint density at radius 2 is 1.44 bits per heavy atom. The van der Waals surface area contributed by atoms with Crippen molar-refractivity contribution in [3.05, 3.63) is 64.7 Å². The molecular weight excluding hydrogens is 452 g/mol. The molecule has 3 aromatic carbocycles. The van der Waals surface area contributed by atoms with Gasteiger partial charge < -0.3 is 20.4 Å². The van der Waals surface area contributed by atoms with Gasteiger partial charge in [-0.25, -0.2) is 0 Å². The van der Waals surface area contributed by atoms with Gasteiger partial charge >= 0.3 is 0 Å². The Bertz CT molecular complexity index is 1240. The number of benzene rings is 3. The first-order valence-electron chi connectivity index (χ1n) is 11.6. The molecule has 3 N–H and O–H groups in total. The fourth-order valence-electron chi connectivity index (χ4n) is 4.71. The van der Waals surface area contributed by atoms with Gasteiger partial charge in [0, 0.05) is 28.1 Å². The van der Waals surface area contributed by atoms with Crippen LogP contribution < -0.4 is 5.32 Å². The van der Waals surface area contributed by atoms with Crippen LogP contribution in [0.3, 0.4) is 0 Å². The van der Waals surface area contributed by atoms with E-state index in [4.69, 9.17) is 0 Å². The smallest absolute Gasteiger partial charge is 0.200 e. The maximum absolute atomic E-state index is 13.6. The summed E-state index contributed by atoms with van der Waals surface area (Å²) in [5.41, 5.74) is 0.785. The molecule has 0 heterocycles. The normalized spacial score (nSPS) is 13.4. The van der Waals surface area contributed by atoms with Gasteiger partial charge in [-0.1, -0.05) is 50.2 Å². The first kappa shape index (κ1) is 25.5. The van der Waals surface area contributed by atoms with Crippen LogP contribution in [0.15, 0.2) is 42.5 Å². The second-order valence-electron chi connectivity index (χ2n) is 8.59. The molecule has 0 saturated heterocycles. The van der Waals surface area contributed by atoms with E-state index in [1.165, 1.54) is 0 Å². The Hall–Kier alpha value is -3.09. The van der Waals surface area contributed by atoms with E-state index in [-0.39, 0.29) is 52.2 Å². The lowest BCUT2D eigenvalue weighted by Gasteiger charge is -2.25. The van der Waals surface area contributed by atoms with Gasteiger partial charge in [-0.15, -0.1) is 12.4 Å². The van der Waals surface area contributed by atoms with Gasteiger partial charge in [-0.05, 0) is 45.5 Å². The number of phenols is 2. The number of halogens is 1. The minimum Gasteiger partial charge on any atom is -0.506 e. The fourth-order valence-corrected chi connectivity index (χ4v) is 4.71. The van der Waals surface area contributed by atoms with E-state index in [0.717, 1.165) is 32.5 Å². The number of carbonyl (C=O) groups is 2. The van der Waals surface area contributed by atoms with Crippen molar-refractivity contribution >= 4 is 40.4 Å². The molecule has 0 radical (unpaired) electrons. The third-order valence-electron chi connectivity index (χ3n) is 6.56. The van der Waals surface area contributed by atoms with E-state index in [0.29, 0.717) is 16.5 Å². The maximum atomic E-state index is 13.6. The highest BCUT2D eigenvalue weighted by Gasteiger charge is 2.37. The first-order valence-corrected chi connectivity index (χ1v) is 11.6. The highest BCUT2D eigenvalue weighted by Crippen LogP contribution is 2.45. The van der Waals surface area contributed by atoms with E-state index in [9.17, 15) is 19.8 Å². The van der Waals surface area contributed by atoms with Gasteiger partial charge in [0.25, 0.3) is 0 Å². The molecule has 0 bridgehead atoms. The Balaban J connectivity index is 0.00000324. The highest BCUT2D eigenvalue weighted by molar-refractivity contribution is 6.33. The van der Waals surface area contributed by atoms with Gasteiger partial charge in [-0.3, -0.25) is 9.59 Å². The lowest BCUT2D eigenvalue weighted by atomic mass is 9.80. The molecule has 0 fully saturated rings. The number of hydrogen-bond acceptors (Lipinski definition) is 6. The highest BCUT2D eigenvalue weighted by atomic mass is 35.5. The molecule has 180 valence electrons. The van der Waals surface area contributed by atoms with E-state index in [1.807, 2.05) is 0 Å². The predicted molar refractivity (Wildman–Crippen MR) is 138 cm³/mol. The summed E-state index contributed by atoms with van der Waals surface area (Å²) in [5.74, 6) is -1.47. The van der Waals surface area contributed by atoms with E-state index >= 15 is 0 Å². The minimum atomic E-state index is -0.462. The zero-order chi connectivity index (χ0) is 23.7. The molecule has 3 aromatic rings. The number of anilines is 1. The molecule has 1 atom stereocenters. The van der Waals surface area contributed by atoms with Crippen molar-refractivity contribution in [3.8, 4) is 11.5 Å². The second kappa shape index (κ2) is 10.5. The minimum absolute atomic E-state index is 0. The summed E-state index contributed by atoms with van der Waals surface area (Å²) in [6.07, 6.45) is 1.93. The molecule has 0 saturated carbocycles. The summed E-state index contributed by atoms with van der Waals surface area (Å²) < 4.78 is 0. The Morgan fingerprint density at radius 1 is 0.853 bits per heavy atom. The summed E-state index contributed by atoms with van der Waals surface area (Å²) >= 11 is 0. The van der Waals surface area contributed by atoms with Gasteiger partial charge in [0.15, 0.2) is 11.6 Å². The number of ketones is 2. The molecule has 34 heavy (non-hydrogen) atoms. The summed E-state index contributed by atoms with van der Waals surface area (Å²) in [5, 5.41) is 25.8.